The number of hydrogen-bond acceptors (Lipinski definition) is 3. The lowest BCUT2D eigenvalue weighted by atomic mass is 10.2. The molecule has 0 atom stereocenters. The second-order valence-corrected chi connectivity index (χ2v) is 4.56. The van der Waals surface area contributed by atoms with Crippen molar-refractivity contribution in [3.8, 4) is 0 Å². The molecule has 1 amide bonds. The Balaban J connectivity index is 2.43. The second-order valence-electron chi connectivity index (χ2n) is 4.56. The van der Waals surface area contributed by atoms with E-state index in [9.17, 15) is 4.79 Å². The molecule has 0 unspecified atom stereocenters. The van der Waals surface area contributed by atoms with Crippen LogP contribution in [0, 0.1) is 0 Å². The van der Waals surface area contributed by atoms with Crippen LogP contribution in [0.15, 0.2) is 24.3 Å². The number of likely N-dealkylation sites (N-methyl/N-ethyl adjacent to an activating group) is 1. The Morgan fingerprint density at radius 1 is 1.17 bits per heavy atom. The van der Waals surface area contributed by atoms with Gasteiger partial charge in [0.25, 0.3) is 5.91 Å². The summed E-state index contributed by atoms with van der Waals surface area (Å²) in [6.07, 6.45) is 1.09. The highest BCUT2D eigenvalue weighted by molar-refractivity contribution is 5.94. The molecular weight excluding hydrogens is 226 g/mol. The molecule has 0 saturated carbocycles. The lowest BCUT2D eigenvalue weighted by Crippen LogP contribution is -2.31. The zero-order valence-corrected chi connectivity index (χ0v) is 11.5. The van der Waals surface area contributed by atoms with Gasteiger partial charge in [-0.3, -0.25) is 4.79 Å². The summed E-state index contributed by atoms with van der Waals surface area (Å²) >= 11 is 0. The van der Waals surface area contributed by atoms with Crippen LogP contribution in [0.5, 0.6) is 0 Å². The molecule has 0 aliphatic carbocycles. The van der Waals surface area contributed by atoms with E-state index in [-0.39, 0.29) is 5.91 Å². The minimum atomic E-state index is -0.0149. The summed E-state index contributed by atoms with van der Waals surface area (Å²) in [5.41, 5.74) is 1.76. The average molecular weight is 249 g/mol. The summed E-state index contributed by atoms with van der Waals surface area (Å²) in [5, 5.41) is 6.17. The highest BCUT2D eigenvalue weighted by atomic mass is 16.1. The third-order valence-corrected chi connectivity index (χ3v) is 2.57. The molecule has 0 heterocycles. The van der Waals surface area contributed by atoms with Crippen LogP contribution in [0.1, 0.15) is 23.7 Å². The van der Waals surface area contributed by atoms with Crippen LogP contribution in [0.25, 0.3) is 0 Å². The number of rotatable bonds is 7. The molecule has 0 bridgehead atoms. The maximum atomic E-state index is 11.8. The van der Waals surface area contributed by atoms with E-state index in [2.05, 4.69) is 17.6 Å². The minimum absolute atomic E-state index is 0.0149. The molecule has 1 aromatic rings. The fraction of sp³-hybridized carbons (Fsp3) is 0.500. The van der Waals surface area contributed by atoms with Gasteiger partial charge in [-0.1, -0.05) is 6.92 Å². The number of amides is 1. The van der Waals surface area contributed by atoms with E-state index >= 15 is 0 Å². The molecule has 0 aromatic heterocycles. The van der Waals surface area contributed by atoms with Crippen molar-refractivity contribution in [2.45, 2.75) is 13.3 Å². The molecule has 0 radical (unpaired) electrons. The van der Waals surface area contributed by atoms with E-state index in [1.54, 1.807) is 0 Å². The van der Waals surface area contributed by atoms with E-state index in [0.717, 1.165) is 25.2 Å². The van der Waals surface area contributed by atoms with Gasteiger partial charge >= 0.3 is 0 Å². The van der Waals surface area contributed by atoms with Gasteiger partial charge in [0, 0.05) is 30.9 Å². The summed E-state index contributed by atoms with van der Waals surface area (Å²) in [6.45, 7) is 4.59. The average Bonchev–Trinajstić information content (AvgIpc) is 2.36. The molecule has 0 aliphatic rings. The molecule has 1 aromatic carbocycles. The van der Waals surface area contributed by atoms with Crippen LogP contribution in [-0.2, 0) is 0 Å². The Labute approximate surface area is 109 Å². The standard InChI is InChI=1S/C14H23N3O/c1-4-9-15-13-7-5-12(6-8-13)14(18)16-10-11-17(2)3/h5-8,15H,4,9-11H2,1-3H3,(H,16,18). The molecule has 0 fully saturated rings. The van der Waals surface area contributed by atoms with Crippen LogP contribution in [-0.4, -0.2) is 44.5 Å². The third kappa shape index (κ3) is 5.19. The van der Waals surface area contributed by atoms with Crippen molar-refractivity contribution in [2.75, 3.05) is 39.0 Å². The van der Waals surface area contributed by atoms with Crippen molar-refractivity contribution in [3.63, 3.8) is 0 Å². The zero-order chi connectivity index (χ0) is 13.4. The molecule has 4 heteroatoms. The van der Waals surface area contributed by atoms with Gasteiger partial charge in [-0.2, -0.15) is 0 Å². The number of nitrogens with one attached hydrogen (secondary N) is 2. The van der Waals surface area contributed by atoms with Gasteiger partial charge in [-0.15, -0.1) is 0 Å². The van der Waals surface area contributed by atoms with Crippen LogP contribution >= 0.6 is 0 Å². The Kier molecular flexibility index (Phi) is 6.22. The molecule has 1 rings (SSSR count). The van der Waals surface area contributed by atoms with Gasteiger partial charge in [-0.05, 0) is 44.8 Å². The van der Waals surface area contributed by atoms with Crippen molar-refractivity contribution in [1.29, 1.82) is 0 Å². The number of nitrogens with zero attached hydrogens (tertiary/aromatic N) is 1. The SMILES string of the molecule is CCCNc1ccc(C(=O)NCCN(C)C)cc1. The van der Waals surface area contributed by atoms with Crippen molar-refractivity contribution < 1.29 is 4.79 Å². The first-order valence-corrected chi connectivity index (χ1v) is 6.40. The Morgan fingerprint density at radius 2 is 1.83 bits per heavy atom. The van der Waals surface area contributed by atoms with E-state index in [1.165, 1.54) is 0 Å². The molecule has 100 valence electrons. The molecule has 0 spiro atoms. The maximum absolute atomic E-state index is 11.8. The maximum Gasteiger partial charge on any atom is 0.251 e. The van der Waals surface area contributed by atoms with E-state index in [0.29, 0.717) is 12.1 Å². The fourth-order valence-corrected chi connectivity index (χ4v) is 1.50. The van der Waals surface area contributed by atoms with Crippen molar-refractivity contribution in [3.05, 3.63) is 29.8 Å². The molecule has 4 nitrogen and oxygen atoms in total. The van der Waals surface area contributed by atoms with Gasteiger partial charge in [-0.25, -0.2) is 0 Å². The predicted molar refractivity (Wildman–Crippen MR) is 76.1 cm³/mol. The number of anilines is 1. The summed E-state index contributed by atoms with van der Waals surface area (Å²) in [5.74, 6) is -0.0149. The van der Waals surface area contributed by atoms with Gasteiger partial charge in [0.05, 0.1) is 0 Å². The predicted octanol–water partition coefficient (Wildman–Crippen LogP) is 1.80. The van der Waals surface area contributed by atoms with Gasteiger partial charge in [0.2, 0.25) is 0 Å². The van der Waals surface area contributed by atoms with Crippen molar-refractivity contribution in [1.82, 2.24) is 10.2 Å². The summed E-state index contributed by atoms with van der Waals surface area (Å²) in [7, 11) is 3.97. The topological polar surface area (TPSA) is 44.4 Å². The first kappa shape index (κ1) is 14.5. The van der Waals surface area contributed by atoms with E-state index < -0.39 is 0 Å². The normalized spacial score (nSPS) is 10.4. The summed E-state index contributed by atoms with van der Waals surface area (Å²) in [4.78, 5) is 13.8. The van der Waals surface area contributed by atoms with Crippen LogP contribution < -0.4 is 10.6 Å². The van der Waals surface area contributed by atoms with Gasteiger partial charge in [0.15, 0.2) is 0 Å². The Morgan fingerprint density at radius 3 is 2.39 bits per heavy atom. The summed E-state index contributed by atoms with van der Waals surface area (Å²) < 4.78 is 0. The highest BCUT2D eigenvalue weighted by Gasteiger charge is 2.04. The molecule has 18 heavy (non-hydrogen) atoms. The second kappa shape index (κ2) is 7.71. The lowest BCUT2D eigenvalue weighted by Gasteiger charge is -2.10. The number of hydrogen-bond donors (Lipinski definition) is 2. The molecular formula is C14H23N3O. The molecule has 0 saturated heterocycles. The Bertz CT molecular complexity index is 360. The summed E-state index contributed by atoms with van der Waals surface area (Å²) in [6, 6.07) is 7.58. The smallest absolute Gasteiger partial charge is 0.251 e. The number of carbonyl (C=O) groups excluding carboxylic acids is 1. The minimum Gasteiger partial charge on any atom is -0.385 e. The van der Waals surface area contributed by atoms with Crippen LogP contribution in [0.2, 0.25) is 0 Å². The zero-order valence-electron chi connectivity index (χ0n) is 11.5. The fourth-order valence-electron chi connectivity index (χ4n) is 1.50. The van der Waals surface area contributed by atoms with E-state index in [1.807, 2.05) is 43.3 Å². The number of carbonyl (C=O) groups is 1. The molecule has 0 aliphatic heterocycles. The lowest BCUT2D eigenvalue weighted by molar-refractivity contribution is 0.0951. The van der Waals surface area contributed by atoms with Crippen molar-refractivity contribution >= 4 is 11.6 Å². The molecule has 2 N–H and O–H groups in total. The quantitative estimate of drug-likeness (QED) is 0.774. The first-order valence-electron chi connectivity index (χ1n) is 6.40. The highest BCUT2D eigenvalue weighted by Crippen LogP contribution is 2.09. The first-order chi connectivity index (χ1) is 8.63. The largest absolute Gasteiger partial charge is 0.385 e. The van der Waals surface area contributed by atoms with Gasteiger partial charge in [0.1, 0.15) is 0 Å². The number of benzene rings is 1. The van der Waals surface area contributed by atoms with Gasteiger partial charge < -0.3 is 15.5 Å². The van der Waals surface area contributed by atoms with Crippen molar-refractivity contribution in [2.24, 2.45) is 0 Å². The Hall–Kier alpha value is -1.55. The van der Waals surface area contributed by atoms with Crippen LogP contribution in [0.3, 0.4) is 0 Å². The third-order valence-electron chi connectivity index (χ3n) is 2.57. The van der Waals surface area contributed by atoms with Crippen LogP contribution in [0.4, 0.5) is 5.69 Å². The monoisotopic (exact) mass is 249 g/mol. The van der Waals surface area contributed by atoms with E-state index in [4.69, 9.17) is 0 Å².